The van der Waals surface area contributed by atoms with Crippen molar-refractivity contribution in [2.45, 2.75) is 108 Å². The van der Waals surface area contributed by atoms with Gasteiger partial charge in [0, 0.05) is 30.6 Å². The van der Waals surface area contributed by atoms with Gasteiger partial charge in [0.2, 0.25) is 11.8 Å². The Hall–Kier alpha value is -3.17. The Morgan fingerprint density at radius 1 is 1.07 bits per heavy atom. The number of ether oxygens (including phenoxy) is 2. The first-order valence-electron chi connectivity index (χ1n) is 16.9. The number of aliphatic hydroxyl groups is 1. The van der Waals surface area contributed by atoms with E-state index in [1.807, 2.05) is 17.5 Å². The first kappa shape index (κ1) is 34.2. The number of amides is 2. The summed E-state index contributed by atoms with van der Waals surface area (Å²) < 4.78 is 11.4. The lowest BCUT2D eigenvalue weighted by Gasteiger charge is -2.43. The molecule has 3 aliphatic rings. The van der Waals surface area contributed by atoms with E-state index in [1.54, 1.807) is 39.3 Å². The molecule has 2 heterocycles. The number of piperazine rings is 1. The Bertz CT molecular complexity index is 1280. The number of carbonyl (C=O) groups is 2. The van der Waals surface area contributed by atoms with E-state index < -0.39 is 12.5 Å². The summed E-state index contributed by atoms with van der Waals surface area (Å²) in [7, 11) is 1.51. The number of rotatable bonds is 13. The number of hydrogen-bond donors (Lipinski definition) is 3. The van der Waals surface area contributed by atoms with Crippen LogP contribution in [0.2, 0.25) is 0 Å². The smallest absolute Gasteiger partial charge is 0.260 e. The van der Waals surface area contributed by atoms with Crippen LogP contribution in [0.3, 0.4) is 0 Å². The Morgan fingerprint density at radius 3 is 2.52 bits per heavy atom. The Labute approximate surface area is 277 Å². The van der Waals surface area contributed by atoms with Gasteiger partial charge in [-0.2, -0.15) is 5.26 Å². The fourth-order valence-corrected chi connectivity index (χ4v) is 7.79. The fraction of sp³-hybridized carbons (Fsp3) is 0.629. The van der Waals surface area contributed by atoms with Gasteiger partial charge in [-0.1, -0.05) is 63.5 Å². The summed E-state index contributed by atoms with van der Waals surface area (Å²) in [6, 6.07) is 10.4. The van der Waals surface area contributed by atoms with E-state index in [1.165, 1.54) is 45.6 Å². The lowest BCUT2D eigenvalue weighted by Crippen LogP contribution is -2.65. The number of methoxy groups -OCH3 is 1. The van der Waals surface area contributed by atoms with E-state index in [0.29, 0.717) is 43.1 Å². The lowest BCUT2D eigenvalue weighted by atomic mass is 9.83. The van der Waals surface area contributed by atoms with Crippen molar-refractivity contribution in [1.29, 1.82) is 5.26 Å². The predicted molar refractivity (Wildman–Crippen MR) is 177 cm³/mol. The number of benzene rings is 1. The first-order chi connectivity index (χ1) is 22.4. The topological polar surface area (TPSA) is 127 Å². The minimum atomic E-state index is -1.36. The highest BCUT2D eigenvalue weighted by molar-refractivity contribution is 7.09. The second kappa shape index (κ2) is 17.1. The monoisotopic (exact) mass is 651 g/mol. The normalized spacial score (nSPS) is 21.2. The van der Waals surface area contributed by atoms with Crippen molar-refractivity contribution in [2.24, 2.45) is 5.92 Å². The molecule has 10 nitrogen and oxygen atoms in total. The number of hydrogen-bond acceptors (Lipinski definition) is 9. The third kappa shape index (κ3) is 9.22. The van der Waals surface area contributed by atoms with Crippen LogP contribution in [0.4, 0.5) is 0 Å². The molecule has 46 heavy (non-hydrogen) atoms. The summed E-state index contributed by atoms with van der Waals surface area (Å²) in [4.78, 5) is 32.7. The number of carbonyl (C=O) groups excluding carboxylic acids is 2. The predicted octanol–water partition coefficient (Wildman–Crippen LogP) is 4.57. The highest BCUT2D eigenvalue weighted by Crippen LogP contribution is 2.31. The summed E-state index contributed by atoms with van der Waals surface area (Å²) in [5.74, 6) is 0.989. The van der Waals surface area contributed by atoms with Crippen molar-refractivity contribution in [3.63, 3.8) is 0 Å². The summed E-state index contributed by atoms with van der Waals surface area (Å²) in [6.45, 7) is 1.14. The molecule has 3 N–H and O–H groups in total. The SMILES string of the molecule is COc1cc(CC#N)ccc1OC(O)N1CCN(C(=O)[C@@H](CC2CCCCC2)NC2CCCCC2)[C@H](C(=O)NCc2cccs2)C1. The van der Waals surface area contributed by atoms with Crippen molar-refractivity contribution < 1.29 is 24.2 Å². The van der Waals surface area contributed by atoms with Crippen LogP contribution in [0, 0.1) is 17.2 Å². The van der Waals surface area contributed by atoms with Crippen molar-refractivity contribution >= 4 is 23.2 Å². The largest absolute Gasteiger partial charge is 0.493 e. The van der Waals surface area contributed by atoms with Gasteiger partial charge in [0.05, 0.1) is 32.2 Å². The summed E-state index contributed by atoms with van der Waals surface area (Å²) in [6.07, 6.45) is 11.4. The maximum atomic E-state index is 14.5. The summed E-state index contributed by atoms with van der Waals surface area (Å²) >= 11 is 1.57. The van der Waals surface area contributed by atoms with Gasteiger partial charge in [-0.15, -0.1) is 11.3 Å². The quantitative estimate of drug-likeness (QED) is 0.269. The van der Waals surface area contributed by atoms with Crippen LogP contribution in [-0.4, -0.2) is 78.0 Å². The van der Waals surface area contributed by atoms with Crippen molar-refractivity contribution in [2.75, 3.05) is 26.7 Å². The van der Waals surface area contributed by atoms with Gasteiger partial charge >= 0.3 is 0 Å². The zero-order valence-corrected chi connectivity index (χ0v) is 27.8. The average molecular weight is 652 g/mol. The second-order valence-electron chi connectivity index (χ2n) is 12.9. The fourth-order valence-electron chi connectivity index (χ4n) is 7.15. The van der Waals surface area contributed by atoms with Crippen molar-refractivity contribution in [1.82, 2.24) is 20.4 Å². The molecule has 5 rings (SSSR count). The van der Waals surface area contributed by atoms with Crippen LogP contribution in [0.15, 0.2) is 35.7 Å². The molecule has 0 bridgehead atoms. The maximum absolute atomic E-state index is 14.5. The standard InChI is InChI=1S/C35H49N5O5S/c1-44-32-22-26(16-17-36)14-15-31(32)45-35(43)39-18-19-40(30(24-39)33(41)37-23-28-13-8-20-46-28)34(42)29(21-25-9-4-2-5-10-25)38-27-11-6-3-7-12-27/h8,13-15,20,22,25,27,29-30,35,38,43H,2-7,9-12,16,18-19,21,23-24H2,1H3,(H,37,41)/t29-,30+,35?/m1/s1. The summed E-state index contributed by atoms with van der Waals surface area (Å²) in [5.41, 5.74) is 0.778. The molecule has 1 aromatic carbocycles. The van der Waals surface area contributed by atoms with Crippen molar-refractivity contribution in [3.05, 3.63) is 46.2 Å². The molecule has 2 aliphatic carbocycles. The van der Waals surface area contributed by atoms with Crippen LogP contribution in [-0.2, 0) is 22.6 Å². The molecular formula is C35H49N5O5S. The van der Waals surface area contributed by atoms with E-state index in [-0.39, 0.29) is 30.8 Å². The summed E-state index contributed by atoms with van der Waals surface area (Å²) in [5, 5.41) is 29.1. The number of aliphatic hydroxyl groups excluding tert-OH is 1. The van der Waals surface area contributed by atoms with Gasteiger partial charge in [-0.25, -0.2) is 4.90 Å². The molecule has 250 valence electrons. The molecule has 3 fully saturated rings. The van der Waals surface area contributed by atoms with Crippen LogP contribution >= 0.6 is 11.3 Å². The van der Waals surface area contributed by atoms with E-state index in [9.17, 15) is 14.7 Å². The molecule has 2 amide bonds. The van der Waals surface area contributed by atoms with E-state index >= 15 is 0 Å². The number of nitriles is 1. The van der Waals surface area contributed by atoms with E-state index in [4.69, 9.17) is 14.7 Å². The van der Waals surface area contributed by atoms with Gasteiger partial charge in [0.1, 0.15) is 6.04 Å². The number of nitrogens with zero attached hydrogens (tertiary/aromatic N) is 3. The molecular weight excluding hydrogens is 602 g/mol. The van der Waals surface area contributed by atoms with Gasteiger partial charge in [0.25, 0.3) is 6.41 Å². The number of nitrogens with one attached hydrogen (secondary N) is 2. The second-order valence-corrected chi connectivity index (χ2v) is 13.9. The Morgan fingerprint density at radius 2 is 1.83 bits per heavy atom. The molecule has 11 heteroatoms. The average Bonchev–Trinajstić information content (AvgIpc) is 3.62. The Balaban J connectivity index is 1.33. The maximum Gasteiger partial charge on any atom is 0.260 e. The van der Waals surface area contributed by atoms with Crippen LogP contribution in [0.25, 0.3) is 0 Å². The molecule has 2 aromatic rings. The Kier molecular flexibility index (Phi) is 12.7. The van der Waals surface area contributed by atoms with Gasteiger partial charge in [-0.3, -0.25) is 9.59 Å². The highest BCUT2D eigenvalue weighted by atomic mass is 32.1. The molecule has 1 saturated heterocycles. The molecule has 1 aromatic heterocycles. The third-order valence-electron chi connectivity index (χ3n) is 9.70. The zero-order valence-electron chi connectivity index (χ0n) is 27.0. The third-order valence-corrected chi connectivity index (χ3v) is 10.6. The zero-order chi connectivity index (χ0) is 32.3. The van der Waals surface area contributed by atoms with Crippen LogP contribution < -0.4 is 20.1 Å². The van der Waals surface area contributed by atoms with Gasteiger partial charge < -0.3 is 30.1 Å². The van der Waals surface area contributed by atoms with E-state index in [2.05, 4.69) is 16.7 Å². The van der Waals surface area contributed by atoms with Crippen molar-refractivity contribution in [3.8, 4) is 17.6 Å². The first-order valence-corrected chi connectivity index (χ1v) is 17.8. The molecule has 0 radical (unpaired) electrons. The minimum absolute atomic E-state index is 0.0165. The molecule has 1 unspecified atom stereocenters. The molecule has 1 aliphatic heterocycles. The molecule has 3 atom stereocenters. The lowest BCUT2D eigenvalue weighted by molar-refractivity contribution is -0.169. The molecule has 2 saturated carbocycles. The highest BCUT2D eigenvalue weighted by Gasteiger charge is 2.41. The van der Waals surface area contributed by atoms with Crippen LogP contribution in [0.5, 0.6) is 11.5 Å². The van der Waals surface area contributed by atoms with E-state index in [0.717, 1.165) is 42.5 Å². The molecule has 0 spiro atoms. The minimum Gasteiger partial charge on any atom is -0.493 e. The van der Waals surface area contributed by atoms with Crippen LogP contribution in [0.1, 0.15) is 81.1 Å². The van der Waals surface area contributed by atoms with Gasteiger partial charge in [-0.05, 0) is 54.3 Å². The number of thiophene rings is 1. The van der Waals surface area contributed by atoms with Gasteiger partial charge in [0.15, 0.2) is 11.5 Å².